The number of unbranched alkanes of at least 4 members (excludes halogenated alkanes) is 13. The van der Waals surface area contributed by atoms with Gasteiger partial charge in [-0.1, -0.05) is 161 Å². The van der Waals surface area contributed by atoms with Gasteiger partial charge >= 0.3 is 0 Å². The van der Waals surface area contributed by atoms with E-state index in [0.717, 1.165) is 155 Å². The molecule has 2 aliphatic rings. The van der Waals surface area contributed by atoms with Gasteiger partial charge in [0.25, 0.3) is 0 Å². The molecule has 1 heterocycles. The van der Waals surface area contributed by atoms with Gasteiger partial charge in [-0.2, -0.15) is 0 Å². The van der Waals surface area contributed by atoms with Crippen LogP contribution in [0.3, 0.4) is 0 Å². The van der Waals surface area contributed by atoms with Crippen molar-refractivity contribution in [1.29, 1.82) is 0 Å². The minimum Gasteiger partial charge on any atom is -0.396 e. The Bertz CT molecular complexity index is 1320. The zero-order valence-corrected chi connectivity index (χ0v) is 79.3. The van der Waals surface area contributed by atoms with E-state index >= 15 is 0 Å². The summed E-state index contributed by atoms with van der Waals surface area (Å²) in [5, 5.41) is 139. The molecule has 1 saturated heterocycles. The first-order valence-electron chi connectivity index (χ1n) is 45.2. The molecule has 32 heteroatoms. The first-order chi connectivity index (χ1) is 55.8. The molecule has 41 N–H and O–H groups in total. The van der Waals surface area contributed by atoms with E-state index in [1.807, 2.05) is 27.8 Å². The lowest BCUT2D eigenvalue weighted by Gasteiger charge is -2.21. The number of nitrogens with two attached hydrogens (primary N) is 10. The fraction of sp³-hybridized carbons (Fsp3) is 1.00. The lowest BCUT2D eigenvalue weighted by atomic mass is 9.94. The largest absolute Gasteiger partial charge is 0.396 e. The predicted octanol–water partition coefficient (Wildman–Crippen LogP) is 2.21. The normalized spacial score (nSPS) is 13.4. The molecule has 117 heavy (non-hydrogen) atoms. The van der Waals surface area contributed by atoms with Gasteiger partial charge in [0.05, 0.1) is 95.4 Å². The maximum atomic E-state index is 8.97. The molecule has 0 spiro atoms. The molecule has 1 saturated carbocycles. The fourth-order valence-electron chi connectivity index (χ4n) is 7.24. The van der Waals surface area contributed by atoms with Gasteiger partial charge in [-0.3, -0.25) is 0 Å². The average molecular weight is 1720 g/mol. The van der Waals surface area contributed by atoms with Crippen LogP contribution in [0.25, 0.3) is 0 Å². The van der Waals surface area contributed by atoms with Gasteiger partial charge in [0.1, 0.15) is 0 Å². The van der Waals surface area contributed by atoms with E-state index in [4.69, 9.17) is 134 Å². The molecule has 730 valence electrons. The zero-order valence-electron chi connectivity index (χ0n) is 79.3. The summed E-state index contributed by atoms with van der Waals surface area (Å²) in [6.45, 7) is 49.6. The van der Waals surface area contributed by atoms with Crippen LogP contribution in [0.4, 0.5) is 0 Å². The Labute approximate surface area is 721 Å². The van der Waals surface area contributed by atoms with E-state index in [-0.39, 0.29) is 84.1 Å². The topological polar surface area (TPSA) is 637 Å². The minimum absolute atomic E-state index is 0.0604. The van der Waals surface area contributed by atoms with Gasteiger partial charge in [0.2, 0.25) is 0 Å². The monoisotopic (exact) mass is 1710 g/mol. The van der Waals surface area contributed by atoms with Crippen molar-refractivity contribution in [2.75, 3.05) is 217 Å². The average Bonchev–Trinajstić information content (AvgIpc) is 1.07. The van der Waals surface area contributed by atoms with Crippen molar-refractivity contribution in [3.63, 3.8) is 0 Å². The summed E-state index contributed by atoms with van der Waals surface area (Å²) in [5.74, 6) is 0.856. The van der Waals surface area contributed by atoms with E-state index in [2.05, 4.69) is 113 Å². The third-order valence-electron chi connectivity index (χ3n) is 15.9. The van der Waals surface area contributed by atoms with Crippen molar-refractivity contribution < 1.29 is 76.2 Å². The first kappa shape index (κ1) is 147. The van der Waals surface area contributed by atoms with Gasteiger partial charge in [0, 0.05) is 70.1 Å². The highest BCUT2D eigenvalue weighted by Crippen LogP contribution is 2.16. The molecular formula is C85H215N17O15. The van der Waals surface area contributed by atoms with E-state index < -0.39 is 23.2 Å². The van der Waals surface area contributed by atoms with Crippen LogP contribution in [0.1, 0.15) is 284 Å². The van der Waals surface area contributed by atoms with Crippen LogP contribution < -0.4 is 94.6 Å². The summed E-state index contributed by atoms with van der Waals surface area (Å²) in [7, 11) is 1.98. The number of hydrogen-bond donors (Lipinski definition) is 31. The van der Waals surface area contributed by atoms with Crippen LogP contribution in [0, 0.1) is 11.3 Å². The number of nitrogens with one attached hydrogen (secondary N) is 7. The highest BCUT2D eigenvalue weighted by Gasteiger charge is 2.19. The van der Waals surface area contributed by atoms with E-state index in [1.54, 1.807) is 6.92 Å². The maximum absolute atomic E-state index is 8.97. The Kier molecular flexibility index (Phi) is 177. The van der Waals surface area contributed by atoms with Crippen molar-refractivity contribution in [1.82, 2.24) is 37.2 Å². The van der Waals surface area contributed by atoms with Gasteiger partial charge in [-0.25, -0.2) is 0 Å². The molecular weight excluding hydrogens is 1500 g/mol. The van der Waals surface area contributed by atoms with Crippen molar-refractivity contribution in [2.24, 2.45) is 68.7 Å². The third-order valence-corrected chi connectivity index (χ3v) is 15.9. The number of hydrogen-bond acceptors (Lipinski definition) is 32. The van der Waals surface area contributed by atoms with Crippen molar-refractivity contribution in [3.8, 4) is 0 Å². The molecule has 0 bridgehead atoms. The number of aliphatic hydroxyl groups excluding tert-OH is 14. The Morgan fingerprint density at radius 3 is 1.09 bits per heavy atom. The molecule has 32 nitrogen and oxygen atoms in total. The van der Waals surface area contributed by atoms with Crippen molar-refractivity contribution >= 4 is 0 Å². The third kappa shape index (κ3) is 198. The van der Waals surface area contributed by atoms with Gasteiger partial charge in [0.15, 0.2) is 0 Å². The highest BCUT2D eigenvalue weighted by atomic mass is 16.5. The SMILES string of the molecule is C1CNCCNC1.CC(C)(CN)CO.CC(C)CCCNC(C)C.CC(N)(CO)CO.CCC(N)(CO)CO.CCCCCCC.CCCCCNCC.CCCCNC.CCNCCCNCC.NC(CO)CO.NC1CCC(O)CC1.NCC(O)CO.NCCCCCCO.NCCCCCO.NCCCCO.NCCOCCO. The predicted molar refractivity (Wildman–Crippen MR) is 502 cm³/mol. The minimum atomic E-state index is -0.806. The zero-order chi connectivity index (χ0) is 93.0. The number of rotatable bonds is 50. The summed E-state index contributed by atoms with van der Waals surface area (Å²) in [5.41, 5.74) is 50.2. The first-order valence-corrected chi connectivity index (χ1v) is 45.2. The molecule has 2 fully saturated rings. The van der Waals surface area contributed by atoms with Gasteiger partial charge in [-0.05, 0) is 227 Å². The summed E-state index contributed by atoms with van der Waals surface area (Å²) >= 11 is 0. The molecule has 0 aromatic rings. The van der Waals surface area contributed by atoms with Gasteiger partial charge in [-0.15, -0.1) is 0 Å². The van der Waals surface area contributed by atoms with Crippen molar-refractivity contribution in [2.45, 2.75) is 325 Å². The lowest BCUT2D eigenvalue weighted by molar-refractivity contribution is 0.0976. The van der Waals surface area contributed by atoms with Gasteiger partial charge < -0.3 is 171 Å². The maximum Gasteiger partial charge on any atom is 0.0892 e. The van der Waals surface area contributed by atoms with Crippen LogP contribution in [-0.2, 0) is 4.74 Å². The summed E-state index contributed by atoms with van der Waals surface area (Å²) in [6, 6.07) is 0.551. The molecule has 2 rings (SSSR count). The summed E-state index contributed by atoms with van der Waals surface area (Å²) in [4.78, 5) is 0. The Morgan fingerprint density at radius 1 is 0.444 bits per heavy atom. The van der Waals surface area contributed by atoms with Crippen LogP contribution in [0.2, 0.25) is 0 Å². The van der Waals surface area contributed by atoms with Crippen LogP contribution >= 0.6 is 0 Å². The fourth-order valence-corrected chi connectivity index (χ4v) is 7.24. The Morgan fingerprint density at radius 2 is 0.846 bits per heavy atom. The summed E-state index contributed by atoms with van der Waals surface area (Å²) in [6.07, 6.45) is 31.5. The van der Waals surface area contributed by atoms with Crippen LogP contribution in [0.15, 0.2) is 0 Å². The van der Waals surface area contributed by atoms with E-state index in [1.165, 1.54) is 116 Å². The molecule has 1 unspecified atom stereocenters. The smallest absolute Gasteiger partial charge is 0.0892 e. The molecule has 0 aromatic carbocycles. The quantitative estimate of drug-likeness (QED) is 0.0388. The second-order valence-electron chi connectivity index (χ2n) is 30.3. The Hall–Kier alpha value is -1.28. The summed E-state index contributed by atoms with van der Waals surface area (Å²) < 4.78 is 4.76. The van der Waals surface area contributed by atoms with E-state index in [9.17, 15) is 0 Å². The van der Waals surface area contributed by atoms with Crippen molar-refractivity contribution in [3.05, 3.63) is 0 Å². The molecule has 1 atom stereocenters. The van der Waals surface area contributed by atoms with Crippen LogP contribution in [-0.4, -0.2) is 330 Å². The lowest BCUT2D eigenvalue weighted by Crippen LogP contribution is -2.46. The number of ether oxygens (including phenoxy) is 1. The Balaban J connectivity index is -0.0000000808. The molecule has 0 radical (unpaired) electrons. The van der Waals surface area contributed by atoms with Crippen LogP contribution in [0.5, 0.6) is 0 Å². The highest BCUT2D eigenvalue weighted by molar-refractivity contribution is 4.80. The second kappa shape index (κ2) is 141. The molecule has 0 aromatic heterocycles. The number of aliphatic hydroxyl groups is 14. The second-order valence-corrected chi connectivity index (χ2v) is 30.3. The standard InChI is InChI=1S/C9H21N.C7H18N2.C7H17N.C7H16.C6H13NO.C6H15NO.C5H12N2.C5H13NO2.2C5H13NO.C5H13N.2C4H11NO2.C4H11NO.2C3H9NO2/c1-8(2)6-5-7-10-9(3)4;1-3-8-6-5-7-9-4-2;1-3-5-6-7-8-4-2;1-3-5-7-6-4-2;7-5-1-3-6(8)4-2-5;7-5-3-1-2-4-6-8;1-2-6-4-5-7-3-1;1-2-5(6,3-7)4-8;1-5(2,3-6)4-7;6-4-2-1-3-5-7;1-3-4-5-6-2;1-4(5,2-6)3-7;5-1-3-7-4-2-6;5-3-1-2-4-6;4-3(1-5)2-6;4-1-3(6)2-5/h8-10H,5-7H2,1-4H3;8-9H,3-7H2,1-2H3;8H,3-7H2,1-2H3;3-7H2,1-2H3;5-6,8H,1-4,7H2;8H,1-7H2;6-7H,1-5H2;7-8H,2-4,6H2,1H3;7H,3-4,6H2,1-2H3;7H,1-6H2;6H,3-5H2,1-2H3;6-7H,2-3,5H2,1H3;6H,1-5H2;6H,1-5H2;2*3,5-6H,1-2,4H2. The molecule has 0 amide bonds. The molecule has 1 aliphatic heterocycles. The molecule has 1 aliphatic carbocycles. The van der Waals surface area contributed by atoms with E-state index in [0.29, 0.717) is 64.6 Å².